The number of carbonyl (C=O) groups excluding carboxylic acids is 1. The first-order valence-electron chi connectivity index (χ1n) is 9.56. The number of ether oxygens (including phenoxy) is 2. The highest BCUT2D eigenvalue weighted by Crippen LogP contribution is 2.34. The van der Waals surface area contributed by atoms with Crippen molar-refractivity contribution in [2.45, 2.75) is 18.8 Å². The van der Waals surface area contributed by atoms with E-state index in [0.29, 0.717) is 30.3 Å². The van der Waals surface area contributed by atoms with Gasteiger partial charge in [0.15, 0.2) is 0 Å². The first-order valence-corrected chi connectivity index (χ1v) is 9.56. The number of hydrogen-bond acceptors (Lipinski definition) is 6. The van der Waals surface area contributed by atoms with Gasteiger partial charge >= 0.3 is 0 Å². The molecule has 0 spiro atoms. The largest absolute Gasteiger partial charge is 0.497 e. The Kier molecular flexibility index (Phi) is 5.65. The SMILES string of the molecule is COc1cccc(Oc2nccnc2C2CCN(C(=O)c3cccnc3)CC2)c1. The summed E-state index contributed by atoms with van der Waals surface area (Å²) in [6.07, 6.45) is 8.19. The van der Waals surface area contributed by atoms with Crippen molar-refractivity contribution in [1.29, 1.82) is 0 Å². The van der Waals surface area contributed by atoms with Crippen molar-refractivity contribution in [3.8, 4) is 17.4 Å². The van der Waals surface area contributed by atoms with Crippen LogP contribution in [-0.2, 0) is 0 Å². The minimum atomic E-state index is 0.0172. The van der Waals surface area contributed by atoms with Crippen molar-refractivity contribution in [3.05, 3.63) is 72.4 Å². The second-order valence-corrected chi connectivity index (χ2v) is 6.84. The molecule has 7 heteroatoms. The first-order chi connectivity index (χ1) is 14.2. The number of nitrogens with zero attached hydrogens (tertiary/aromatic N) is 4. The van der Waals surface area contributed by atoms with E-state index in [1.165, 1.54) is 0 Å². The Morgan fingerprint density at radius 3 is 2.59 bits per heavy atom. The monoisotopic (exact) mass is 390 g/mol. The average Bonchev–Trinajstić information content (AvgIpc) is 2.80. The first kappa shape index (κ1) is 18.9. The minimum Gasteiger partial charge on any atom is -0.497 e. The molecule has 4 rings (SSSR count). The van der Waals surface area contributed by atoms with Crippen molar-refractivity contribution in [1.82, 2.24) is 19.9 Å². The normalized spacial score (nSPS) is 14.4. The number of benzene rings is 1. The number of piperidine rings is 1. The number of amides is 1. The smallest absolute Gasteiger partial charge is 0.255 e. The van der Waals surface area contributed by atoms with Crippen molar-refractivity contribution >= 4 is 5.91 Å². The number of methoxy groups -OCH3 is 1. The summed E-state index contributed by atoms with van der Waals surface area (Å²) in [6.45, 7) is 1.32. The summed E-state index contributed by atoms with van der Waals surface area (Å²) >= 11 is 0. The van der Waals surface area contributed by atoms with E-state index in [1.54, 1.807) is 44.0 Å². The molecule has 3 aromatic rings. The minimum absolute atomic E-state index is 0.0172. The van der Waals surface area contributed by atoms with Gasteiger partial charge in [-0.15, -0.1) is 0 Å². The maximum absolute atomic E-state index is 12.6. The molecule has 2 aromatic heterocycles. The number of aromatic nitrogens is 3. The van der Waals surface area contributed by atoms with Crippen LogP contribution in [0.3, 0.4) is 0 Å². The van der Waals surface area contributed by atoms with Gasteiger partial charge in [0.05, 0.1) is 12.7 Å². The van der Waals surface area contributed by atoms with Gasteiger partial charge in [-0.3, -0.25) is 14.8 Å². The number of carbonyl (C=O) groups is 1. The molecular weight excluding hydrogens is 368 g/mol. The molecule has 0 unspecified atom stereocenters. The van der Waals surface area contributed by atoms with Crippen LogP contribution in [0.25, 0.3) is 0 Å². The van der Waals surface area contributed by atoms with Crippen LogP contribution in [0, 0.1) is 0 Å². The van der Waals surface area contributed by atoms with Gasteiger partial charge in [-0.05, 0) is 37.1 Å². The molecule has 7 nitrogen and oxygen atoms in total. The van der Waals surface area contributed by atoms with Gasteiger partial charge in [0, 0.05) is 49.9 Å². The molecule has 0 aliphatic carbocycles. The van der Waals surface area contributed by atoms with Gasteiger partial charge < -0.3 is 14.4 Å². The third kappa shape index (κ3) is 4.34. The van der Waals surface area contributed by atoms with E-state index in [9.17, 15) is 4.79 Å². The highest BCUT2D eigenvalue weighted by molar-refractivity contribution is 5.93. The maximum Gasteiger partial charge on any atom is 0.255 e. The maximum atomic E-state index is 12.6. The number of likely N-dealkylation sites (tertiary alicyclic amines) is 1. The fourth-order valence-electron chi connectivity index (χ4n) is 3.50. The van der Waals surface area contributed by atoms with Gasteiger partial charge in [0.25, 0.3) is 5.91 Å². The zero-order valence-corrected chi connectivity index (χ0v) is 16.2. The molecule has 0 bridgehead atoms. The molecule has 148 valence electrons. The van der Waals surface area contributed by atoms with Crippen LogP contribution in [-0.4, -0.2) is 46.0 Å². The Labute approximate surface area is 169 Å². The van der Waals surface area contributed by atoms with E-state index in [-0.39, 0.29) is 11.8 Å². The van der Waals surface area contributed by atoms with Crippen molar-refractivity contribution in [2.75, 3.05) is 20.2 Å². The lowest BCUT2D eigenvalue weighted by Crippen LogP contribution is -2.38. The molecule has 0 radical (unpaired) electrons. The van der Waals surface area contributed by atoms with Crippen LogP contribution < -0.4 is 9.47 Å². The van der Waals surface area contributed by atoms with Gasteiger partial charge in [0.1, 0.15) is 17.2 Å². The summed E-state index contributed by atoms with van der Waals surface area (Å²) in [6, 6.07) is 11.0. The molecule has 1 aliphatic rings. The fraction of sp³-hybridized carbons (Fsp3) is 0.273. The number of pyridine rings is 1. The molecule has 3 heterocycles. The molecule has 29 heavy (non-hydrogen) atoms. The van der Waals surface area contributed by atoms with E-state index >= 15 is 0 Å². The summed E-state index contributed by atoms with van der Waals surface area (Å²) in [4.78, 5) is 27.5. The zero-order valence-electron chi connectivity index (χ0n) is 16.2. The number of rotatable bonds is 5. The Morgan fingerprint density at radius 2 is 1.83 bits per heavy atom. The molecule has 0 N–H and O–H groups in total. The van der Waals surface area contributed by atoms with Crippen LogP contribution in [0.1, 0.15) is 34.8 Å². The molecule has 0 saturated carbocycles. The Bertz CT molecular complexity index is 973. The van der Waals surface area contributed by atoms with Crippen molar-refractivity contribution in [3.63, 3.8) is 0 Å². The zero-order chi connectivity index (χ0) is 20.1. The van der Waals surface area contributed by atoms with Crippen LogP contribution >= 0.6 is 0 Å². The molecule has 0 atom stereocenters. The molecule has 1 saturated heterocycles. The summed E-state index contributed by atoms with van der Waals surface area (Å²) in [5.41, 5.74) is 1.44. The lowest BCUT2D eigenvalue weighted by Gasteiger charge is -2.32. The summed E-state index contributed by atoms with van der Waals surface area (Å²) in [7, 11) is 1.62. The van der Waals surface area contributed by atoms with E-state index in [2.05, 4.69) is 15.0 Å². The molecular formula is C22H22N4O3. The van der Waals surface area contributed by atoms with Gasteiger partial charge in [-0.2, -0.15) is 0 Å². The van der Waals surface area contributed by atoms with Crippen molar-refractivity contribution < 1.29 is 14.3 Å². The topological polar surface area (TPSA) is 77.4 Å². The standard InChI is InChI=1S/C22H22N4O3/c1-28-18-5-2-6-19(14-18)29-21-20(24-10-11-25-21)16-7-12-26(13-8-16)22(27)17-4-3-9-23-15-17/h2-6,9-11,14-16H,7-8,12-13H2,1H3. The number of hydrogen-bond donors (Lipinski definition) is 0. The van der Waals surface area contributed by atoms with Crippen LogP contribution in [0.4, 0.5) is 0 Å². The average molecular weight is 390 g/mol. The molecule has 1 amide bonds. The lowest BCUT2D eigenvalue weighted by molar-refractivity contribution is 0.0711. The van der Waals surface area contributed by atoms with E-state index in [1.807, 2.05) is 29.2 Å². The van der Waals surface area contributed by atoms with E-state index in [0.717, 1.165) is 24.3 Å². The van der Waals surface area contributed by atoms with E-state index < -0.39 is 0 Å². The summed E-state index contributed by atoms with van der Waals surface area (Å²) in [5, 5.41) is 0. The Morgan fingerprint density at radius 1 is 1.03 bits per heavy atom. The van der Waals surface area contributed by atoms with E-state index in [4.69, 9.17) is 9.47 Å². The highest BCUT2D eigenvalue weighted by Gasteiger charge is 2.28. The Hall–Kier alpha value is -3.48. The fourth-order valence-corrected chi connectivity index (χ4v) is 3.50. The summed E-state index contributed by atoms with van der Waals surface area (Å²) in [5.74, 6) is 2.06. The second-order valence-electron chi connectivity index (χ2n) is 6.84. The molecule has 1 aliphatic heterocycles. The van der Waals surface area contributed by atoms with Gasteiger partial charge in [-0.25, -0.2) is 4.98 Å². The van der Waals surface area contributed by atoms with Gasteiger partial charge in [-0.1, -0.05) is 6.07 Å². The third-order valence-electron chi connectivity index (χ3n) is 5.02. The molecule has 1 aromatic carbocycles. The van der Waals surface area contributed by atoms with Crippen LogP contribution in [0.5, 0.6) is 17.4 Å². The third-order valence-corrected chi connectivity index (χ3v) is 5.02. The van der Waals surface area contributed by atoms with Crippen LogP contribution in [0.15, 0.2) is 61.2 Å². The predicted octanol–water partition coefficient (Wildman–Crippen LogP) is 3.69. The highest BCUT2D eigenvalue weighted by atomic mass is 16.5. The second kappa shape index (κ2) is 8.68. The predicted molar refractivity (Wildman–Crippen MR) is 107 cm³/mol. The summed E-state index contributed by atoms with van der Waals surface area (Å²) < 4.78 is 11.3. The molecule has 1 fully saturated rings. The quantitative estimate of drug-likeness (QED) is 0.661. The lowest BCUT2D eigenvalue weighted by atomic mass is 9.93. The van der Waals surface area contributed by atoms with Crippen molar-refractivity contribution in [2.24, 2.45) is 0 Å². The van der Waals surface area contributed by atoms with Gasteiger partial charge in [0.2, 0.25) is 5.88 Å². The van der Waals surface area contributed by atoms with Crippen LogP contribution in [0.2, 0.25) is 0 Å². The Balaban J connectivity index is 1.45.